The maximum absolute atomic E-state index is 13.1. The fraction of sp³-hybridized carbons (Fsp3) is 0.909. The van der Waals surface area contributed by atoms with Crippen LogP contribution in [-0.2, 0) is 9.53 Å². The molecule has 1 unspecified atom stereocenters. The summed E-state index contributed by atoms with van der Waals surface area (Å²) in [7, 11) is 1.36. The number of methoxy groups -OCH3 is 1. The van der Waals surface area contributed by atoms with E-state index in [-0.39, 0.29) is 19.1 Å². The number of nitrogens with zero attached hydrogens (tertiary/aromatic N) is 1. The van der Waals surface area contributed by atoms with Crippen LogP contribution in [0.5, 0.6) is 0 Å². The molecule has 106 valence electrons. The van der Waals surface area contributed by atoms with Crippen molar-refractivity contribution in [2.45, 2.75) is 38.2 Å². The molecule has 0 aliphatic heterocycles. The molecule has 0 aromatic carbocycles. The summed E-state index contributed by atoms with van der Waals surface area (Å²) in [5, 5.41) is 0. The van der Waals surface area contributed by atoms with Gasteiger partial charge >= 0.3 is 12.3 Å². The molecule has 0 bridgehead atoms. The number of ether oxygens (including phenoxy) is 1. The van der Waals surface area contributed by atoms with E-state index in [0.29, 0.717) is 0 Å². The first-order valence-corrected chi connectivity index (χ1v) is 5.78. The lowest BCUT2D eigenvalue weighted by molar-refractivity contribution is -0.183. The van der Waals surface area contributed by atoms with Crippen molar-refractivity contribution < 1.29 is 27.1 Å². The van der Waals surface area contributed by atoms with Gasteiger partial charge in [-0.2, -0.15) is 8.78 Å². The van der Waals surface area contributed by atoms with Crippen LogP contribution in [0.25, 0.3) is 0 Å². The predicted molar refractivity (Wildman–Crippen MR) is 56.7 cm³/mol. The first-order chi connectivity index (χ1) is 8.32. The highest BCUT2D eigenvalue weighted by molar-refractivity contribution is 5.84. The van der Waals surface area contributed by atoms with Gasteiger partial charge in [0.2, 0.25) is 0 Å². The number of hydrogen-bond acceptors (Lipinski definition) is 2. The van der Waals surface area contributed by atoms with Crippen molar-refractivity contribution in [1.29, 1.82) is 0 Å². The van der Waals surface area contributed by atoms with Gasteiger partial charge < -0.3 is 9.64 Å². The van der Waals surface area contributed by atoms with Crippen LogP contribution in [0.2, 0.25) is 0 Å². The Morgan fingerprint density at radius 2 is 2.00 bits per heavy atom. The van der Waals surface area contributed by atoms with Crippen LogP contribution in [0, 0.1) is 5.92 Å². The molecule has 0 spiro atoms. The zero-order chi connectivity index (χ0) is 13.9. The highest BCUT2D eigenvalue weighted by Crippen LogP contribution is 2.37. The third-order valence-corrected chi connectivity index (χ3v) is 3.15. The van der Waals surface area contributed by atoms with Crippen LogP contribution < -0.4 is 0 Å². The van der Waals surface area contributed by atoms with Crippen LogP contribution in [0.4, 0.5) is 17.6 Å². The Bertz CT molecular complexity index is 295. The van der Waals surface area contributed by atoms with E-state index in [1.165, 1.54) is 7.11 Å². The third-order valence-electron chi connectivity index (χ3n) is 3.15. The molecule has 1 aliphatic rings. The fourth-order valence-corrected chi connectivity index (χ4v) is 1.80. The molecular formula is C11H17F4NO2. The molecule has 1 amide bonds. The van der Waals surface area contributed by atoms with Crippen molar-refractivity contribution in [3.05, 3.63) is 0 Å². The summed E-state index contributed by atoms with van der Waals surface area (Å²) in [6.45, 7) is 1.55. The maximum Gasteiger partial charge on any atom is 0.383 e. The first kappa shape index (κ1) is 15.2. The molecule has 0 radical (unpaired) electrons. The molecular weight excluding hydrogens is 254 g/mol. The van der Waals surface area contributed by atoms with E-state index in [9.17, 15) is 22.4 Å². The van der Waals surface area contributed by atoms with E-state index in [1.807, 2.05) is 0 Å². The summed E-state index contributed by atoms with van der Waals surface area (Å²) >= 11 is 0. The van der Waals surface area contributed by atoms with E-state index in [4.69, 9.17) is 4.74 Å². The number of amides is 1. The second-order valence-electron chi connectivity index (χ2n) is 4.49. The van der Waals surface area contributed by atoms with Crippen molar-refractivity contribution in [3.63, 3.8) is 0 Å². The van der Waals surface area contributed by atoms with Crippen molar-refractivity contribution in [2.24, 2.45) is 5.92 Å². The average Bonchev–Trinajstić information content (AvgIpc) is 3.12. The number of carbonyl (C=O) groups is 1. The smallest absolute Gasteiger partial charge is 0.383 e. The number of halogens is 4. The Hall–Kier alpha value is -0.850. The molecule has 1 fully saturated rings. The quantitative estimate of drug-likeness (QED) is 0.664. The van der Waals surface area contributed by atoms with Gasteiger partial charge in [0, 0.05) is 19.7 Å². The molecule has 1 rings (SSSR count). The summed E-state index contributed by atoms with van der Waals surface area (Å²) in [6.07, 6.45) is -2.32. The molecule has 1 aliphatic carbocycles. The monoisotopic (exact) mass is 271 g/mol. The Labute approximate surface area is 103 Å². The zero-order valence-electron chi connectivity index (χ0n) is 10.3. The van der Waals surface area contributed by atoms with E-state index in [1.54, 1.807) is 6.92 Å². The van der Waals surface area contributed by atoms with E-state index in [0.717, 1.165) is 17.7 Å². The molecule has 0 N–H and O–H groups in total. The van der Waals surface area contributed by atoms with Crippen LogP contribution in [-0.4, -0.2) is 49.5 Å². The second-order valence-corrected chi connectivity index (χ2v) is 4.49. The molecule has 0 aromatic rings. The van der Waals surface area contributed by atoms with Gasteiger partial charge in [-0.1, -0.05) is 0 Å². The summed E-state index contributed by atoms with van der Waals surface area (Å²) in [5.74, 6) is -6.31. The highest BCUT2D eigenvalue weighted by atomic mass is 19.3. The van der Waals surface area contributed by atoms with Crippen LogP contribution in [0.3, 0.4) is 0 Å². The minimum atomic E-state index is -4.63. The molecule has 0 aromatic heterocycles. The van der Waals surface area contributed by atoms with Gasteiger partial charge in [-0.25, -0.2) is 8.78 Å². The topological polar surface area (TPSA) is 29.5 Å². The van der Waals surface area contributed by atoms with Crippen LogP contribution in [0.15, 0.2) is 0 Å². The minimum absolute atomic E-state index is 0.0438. The normalized spacial score (nSPS) is 17.9. The molecule has 0 heterocycles. The lowest BCUT2D eigenvalue weighted by Gasteiger charge is -2.32. The molecule has 3 nitrogen and oxygen atoms in total. The summed E-state index contributed by atoms with van der Waals surface area (Å²) in [6, 6.07) is -0.461. The fourth-order valence-electron chi connectivity index (χ4n) is 1.80. The Morgan fingerprint density at radius 3 is 2.39 bits per heavy atom. The molecule has 0 saturated heterocycles. The van der Waals surface area contributed by atoms with Gasteiger partial charge in [0.25, 0.3) is 5.91 Å². The summed E-state index contributed by atoms with van der Waals surface area (Å²) in [5.41, 5.74) is 0. The summed E-state index contributed by atoms with van der Waals surface area (Å²) in [4.78, 5) is 12.3. The van der Waals surface area contributed by atoms with Gasteiger partial charge in [0.1, 0.15) is 0 Å². The molecule has 7 heteroatoms. The summed E-state index contributed by atoms with van der Waals surface area (Å²) < 4.78 is 55.3. The number of hydrogen-bond donors (Lipinski definition) is 0. The van der Waals surface area contributed by atoms with Crippen molar-refractivity contribution in [2.75, 3.05) is 20.3 Å². The predicted octanol–water partition coefficient (Wildman–Crippen LogP) is 2.16. The van der Waals surface area contributed by atoms with E-state index >= 15 is 0 Å². The minimum Gasteiger partial charge on any atom is -0.383 e. The Balaban J connectivity index is 2.77. The molecule has 18 heavy (non-hydrogen) atoms. The van der Waals surface area contributed by atoms with Gasteiger partial charge in [-0.3, -0.25) is 4.79 Å². The lowest BCUT2D eigenvalue weighted by atomic mass is 10.1. The van der Waals surface area contributed by atoms with Crippen LogP contribution in [0.1, 0.15) is 19.8 Å². The van der Waals surface area contributed by atoms with Crippen molar-refractivity contribution in [1.82, 2.24) is 4.90 Å². The van der Waals surface area contributed by atoms with E-state index in [2.05, 4.69) is 0 Å². The molecule has 1 atom stereocenters. The van der Waals surface area contributed by atoms with E-state index < -0.39 is 24.3 Å². The zero-order valence-corrected chi connectivity index (χ0v) is 10.3. The van der Waals surface area contributed by atoms with Gasteiger partial charge in [0.05, 0.1) is 6.61 Å². The average molecular weight is 271 g/mol. The number of rotatable bonds is 7. The second kappa shape index (κ2) is 5.86. The van der Waals surface area contributed by atoms with Gasteiger partial charge in [-0.15, -0.1) is 0 Å². The lowest BCUT2D eigenvalue weighted by Crippen LogP contribution is -2.52. The Morgan fingerprint density at radius 1 is 1.44 bits per heavy atom. The Kier molecular flexibility index (Phi) is 4.95. The SMILES string of the molecule is COCCN(C(=O)C(F)(F)C(F)F)C(C)C1CC1. The van der Waals surface area contributed by atoms with Crippen LogP contribution >= 0.6 is 0 Å². The molecule has 1 saturated carbocycles. The largest absolute Gasteiger partial charge is 0.383 e. The third kappa shape index (κ3) is 3.34. The highest BCUT2D eigenvalue weighted by Gasteiger charge is 2.52. The maximum atomic E-state index is 13.1. The number of carbonyl (C=O) groups excluding carboxylic acids is 1. The first-order valence-electron chi connectivity index (χ1n) is 5.78. The standard InChI is InChI=1S/C11H17F4NO2/c1-7(8-3-4-8)16(5-6-18-2)10(17)11(14,15)9(12)13/h7-9H,3-6H2,1-2H3. The number of alkyl halides is 4. The van der Waals surface area contributed by atoms with Gasteiger partial charge in [-0.05, 0) is 25.7 Å². The van der Waals surface area contributed by atoms with Crippen molar-refractivity contribution in [3.8, 4) is 0 Å². The van der Waals surface area contributed by atoms with Crippen molar-refractivity contribution >= 4 is 5.91 Å². The van der Waals surface area contributed by atoms with Gasteiger partial charge in [0.15, 0.2) is 0 Å².